The molecule has 1 aromatic rings. The molecule has 1 aromatic heterocycles. The molecule has 0 aliphatic rings. The number of pyridine rings is 1. The summed E-state index contributed by atoms with van der Waals surface area (Å²) in [7, 11) is 0. The molecule has 1 N–H and O–H groups in total. The molecule has 1 heterocycles. The zero-order chi connectivity index (χ0) is 10.0. The first-order valence-corrected chi connectivity index (χ1v) is 4.21. The molecule has 0 radical (unpaired) electrons. The number of aromatic nitrogens is 1. The molecule has 0 aliphatic carbocycles. The highest BCUT2D eigenvalue weighted by molar-refractivity contribution is 14.1. The maximum Gasteiger partial charge on any atom is 0.281 e. The Morgan fingerprint density at radius 1 is 1.62 bits per heavy atom. The number of aromatic hydroxyl groups is 1. The molecule has 0 aliphatic heterocycles. The molecule has 0 unspecified atom stereocenters. The van der Waals surface area contributed by atoms with Crippen molar-refractivity contribution in [2.24, 2.45) is 0 Å². The molecule has 0 aromatic carbocycles. The van der Waals surface area contributed by atoms with Crippen LogP contribution in [0.4, 0.5) is 8.78 Å². The van der Waals surface area contributed by atoms with Crippen molar-refractivity contribution in [3.63, 3.8) is 0 Å². The Labute approximate surface area is 86.2 Å². The molecular formula is C7H3F2IN2O. The lowest BCUT2D eigenvalue weighted by molar-refractivity contribution is 0.145. The van der Waals surface area contributed by atoms with Gasteiger partial charge in [-0.05, 0) is 22.6 Å². The van der Waals surface area contributed by atoms with Crippen molar-refractivity contribution in [2.45, 2.75) is 6.43 Å². The van der Waals surface area contributed by atoms with Gasteiger partial charge in [0.25, 0.3) is 6.43 Å². The van der Waals surface area contributed by atoms with E-state index in [2.05, 4.69) is 4.98 Å². The van der Waals surface area contributed by atoms with Gasteiger partial charge in [0.2, 0.25) is 0 Å². The van der Waals surface area contributed by atoms with Crippen LogP contribution in [0.15, 0.2) is 6.20 Å². The molecule has 0 saturated carbocycles. The van der Waals surface area contributed by atoms with E-state index in [1.807, 2.05) is 0 Å². The summed E-state index contributed by atoms with van der Waals surface area (Å²) in [5.74, 6) is -0.262. The minimum Gasteiger partial charge on any atom is -0.505 e. The summed E-state index contributed by atoms with van der Waals surface area (Å²) in [6, 6.07) is 1.58. The van der Waals surface area contributed by atoms with E-state index in [1.54, 1.807) is 28.7 Å². The van der Waals surface area contributed by atoms with Gasteiger partial charge in [0.1, 0.15) is 17.5 Å². The van der Waals surface area contributed by atoms with Gasteiger partial charge >= 0.3 is 0 Å². The quantitative estimate of drug-likeness (QED) is 0.808. The van der Waals surface area contributed by atoms with E-state index in [0.717, 1.165) is 6.20 Å². The molecule has 1 rings (SSSR count). The van der Waals surface area contributed by atoms with Crippen LogP contribution < -0.4 is 0 Å². The van der Waals surface area contributed by atoms with Gasteiger partial charge in [-0.25, -0.2) is 13.8 Å². The van der Waals surface area contributed by atoms with E-state index in [9.17, 15) is 8.78 Å². The number of hydrogen-bond acceptors (Lipinski definition) is 3. The lowest BCUT2D eigenvalue weighted by atomic mass is 10.2. The third-order valence-electron chi connectivity index (χ3n) is 1.34. The van der Waals surface area contributed by atoms with E-state index >= 15 is 0 Å². The summed E-state index contributed by atoms with van der Waals surface area (Å²) < 4.78 is 24.6. The van der Waals surface area contributed by atoms with Crippen molar-refractivity contribution in [2.75, 3.05) is 0 Å². The molecule has 0 spiro atoms. The van der Waals surface area contributed by atoms with Crippen molar-refractivity contribution in [1.82, 2.24) is 4.98 Å². The highest BCUT2D eigenvalue weighted by atomic mass is 127. The van der Waals surface area contributed by atoms with Crippen LogP contribution in [0.2, 0.25) is 0 Å². The second kappa shape index (κ2) is 3.83. The van der Waals surface area contributed by atoms with Crippen molar-refractivity contribution in [1.29, 1.82) is 5.26 Å². The van der Waals surface area contributed by atoms with Crippen LogP contribution in [0.3, 0.4) is 0 Å². The van der Waals surface area contributed by atoms with E-state index in [-0.39, 0.29) is 14.9 Å². The van der Waals surface area contributed by atoms with Crippen LogP contribution in [-0.4, -0.2) is 10.1 Å². The molecule has 68 valence electrons. The van der Waals surface area contributed by atoms with Crippen LogP contribution in [-0.2, 0) is 0 Å². The number of rotatable bonds is 1. The van der Waals surface area contributed by atoms with Gasteiger partial charge in [-0.2, -0.15) is 5.26 Å². The van der Waals surface area contributed by atoms with Crippen LogP contribution in [0.5, 0.6) is 5.75 Å². The Kier molecular flexibility index (Phi) is 2.98. The van der Waals surface area contributed by atoms with Gasteiger partial charge in [0.15, 0.2) is 0 Å². The zero-order valence-electron chi connectivity index (χ0n) is 6.13. The second-order valence-corrected chi connectivity index (χ2v) is 3.21. The van der Waals surface area contributed by atoms with Gasteiger partial charge in [0, 0.05) is 0 Å². The Balaban J connectivity index is 3.41. The molecule has 0 saturated heterocycles. The standard InChI is InChI=1S/C7H3F2IN2O/c8-7(9)6-3(1-11)5(10)4(13)2-12-6/h2,7,13H. The monoisotopic (exact) mass is 296 g/mol. The lowest BCUT2D eigenvalue weighted by Gasteiger charge is -2.04. The first-order valence-electron chi connectivity index (χ1n) is 3.13. The summed E-state index contributed by atoms with van der Waals surface area (Å²) in [6.45, 7) is 0. The third kappa shape index (κ3) is 1.85. The molecule has 0 atom stereocenters. The number of hydrogen-bond donors (Lipinski definition) is 1. The van der Waals surface area contributed by atoms with Crippen LogP contribution in [0.25, 0.3) is 0 Å². The Morgan fingerprint density at radius 3 is 2.69 bits per heavy atom. The highest BCUT2D eigenvalue weighted by Crippen LogP contribution is 2.28. The molecule has 13 heavy (non-hydrogen) atoms. The third-order valence-corrected chi connectivity index (χ3v) is 2.44. The van der Waals surface area contributed by atoms with E-state index in [0.29, 0.717) is 0 Å². The molecule has 0 amide bonds. The minimum absolute atomic E-state index is 0.102. The summed E-state index contributed by atoms with van der Waals surface area (Å²) in [5, 5.41) is 17.6. The summed E-state index contributed by atoms with van der Waals surface area (Å²) in [6.07, 6.45) is -1.90. The fourth-order valence-electron chi connectivity index (χ4n) is 0.764. The molecule has 0 bridgehead atoms. The van der Waals surface area contributed by atoms with Crippen LogP contribution >= 0.6 is 22.6 Å². The number of nitriles is 1. The average Bonchev–Trinajstić information content (AvgIpc) is 2.09. The van der Waals surface area contributed by atoms with Crippen molar-refractivity contribution < 1.29 is 13.9 Å². The zero-order valence-corrected chi connectivity index (χ0v) is 8.29. The Bertz CT molecular complexity index is 375. The van der Waals surface area contributed by atoms with Crippen LogP contribution in [0, 0.1) is 14.9 Å². The van der Waals surface area contributed by atoms with Gasteiger partial charge in [-0.1, -0.05) is 0 Å². The number of nitrogens with zero attached hydrogens (tertiary/aromatic N) is 2. The van der Waals surface area contributed by atoms with Gasteiger partial charge in [-0.3, -0.25) is 0 Å². The summed E-state index contributed by atoms with van der Waals surface area (Å²) in [5.41, 5.74) is -0.861. The lowest BCUT2D eigenvalue weighted by Crippen LogP contribution is -1.97. The molecular weight excluding hydrogens is 293 g/mol. The maximum atomic E-state index is 12.2. The fraction of sp³-hybridized carbons (Fsp3) is 0.143. The highest BCUT2D eigenvalue weighted by Gasteiger charge is 2.19. The Hall–Kier alpha value is -0.970. The molecule has 0 fully saturated rings. The predicted molar refractivity (Wildman–Crippen MR) is 48.3 cm³/mol. The smallest absolute Gasteiger partial charge is 0.281 e. The largest absolute Gasteiger partial charge is 0.505 e. The van der Waals surface area contributed by atoms with E-state index < -0.39 is 12.1 Å². The predicted octanol–water partition coefficient (Wildman–Crippen LogP) is 2.20. The number of alkyl halides is 2. The fourth-order valence-corrected chi connectivity index (χ4v) is 1.30. The van der Waals surface area contributed by atoms with Gasteiger partial charge < -0.3 is 5.11 Å². The molecule has 3 nitrogen and oxygen atoms in total. The second-order valence-electron chi connectivity index (χ2n) is 2.13. The van der Waals surface area contributed by atoms with Gasteiger partial charge in [0.05, 0.1) is 15.3 Å². The van der Waals surface area contributed by atoms with Crippen molar-refractivity contribution >= 4 is 22.6 Å². The topological polar surface area (TPSA) is 56.9 Å². The first-order chi connectivity index (χ1) is 6.07. The van der Waals surface area contributed by atoms with Crippen molar-refractivity contribution in [3.8, 4) is 11.8 Å². The normalized spacial score (nSPS) is 10.1. The van der Waals surface area contributed by atoms with Crippen LogP contribution in [0.1, 0.15) is 17.7 Å². The maximum absolute atomic E-state index is 12.2. The SMILES string of the molecule is N#Cc1c(C(F)F)ncc(O)c1I. The summed E-state index contributed by atoms with van der Waals surface area (Å²) >= 11 is 1.62. The Morgan fingerprint density at radius 2 is 2.23 bits per heavy atom. The average molecular weight is 296 g/mol. The van der Waals surface area contributed by atoms with E-state index in [4.69, 9.17) is 10.4 Å². The summed E-state index contributed by atoms with van der Waals surface area (Å²) in [4.78, 5) is 3.28. The number of halogens is 3. The first kappa shape index (κ1) is 10.1. The van der Waals surface area contributed by atoms with Crippen molar-refractivity contribution in [3.05, 3.63) is 21.0 Å². The minimum atomic E-state index is -2.80. The van der Waals surface area contributed by atoms with Gasteiger partial charge in [-0.15, -0.1) is 0 Å². The molecule has 6 heteroatoms. The van der Waals surface area contributed by atoms with E-state index in [1.165, 1.54) is 0 Å².